The van der Waals surface area contributed by atoms with Crippen LogP contribution in [0.4, 0.5) is 5.69 Å². The van der Waals surface area contributed by atoms with Crippen molar-refractivity contribution in [2.45, 2.75) is 18.4 Å². The van der Waals surface area contributed by atoms with Crippen molar-refractivity contribution < 1.29 is 13.2 Å². The molecule has 0 saturated heterocycles. The number of hydrogen-bond donors (Lipinski definition) is 2. The molecule has 0 saturated carbocycles. The smallest absolute Gasteiger partial charge is 0.242 e. The lowest BCUT2D eigenvalue weighted by Crippen LogP contribution is -2.24. The number of nitrogens with two attached hydrogens (primary N) is 1. The van der Waals surface area contributed by atoms with Gasteiger partial charge in [0.15, 0.2) is 0 Å². The van der Waals surface area contributed by atoms with Crippen molar-refractivity contribution in [2.24, 2.45) is 0 Å². The highest BCUT2D eigenvalue weighted by Gasteiger charge is 2.17. The monoisotopic (exact) mass is 307 g/mol. The molecule has 0 amide bonds. The number of aryl methyl sites for hydroxylation is 1. The van der Waals surface area contributed by atoms with Gasteiger partial charge in [-0.05, 0) is 30.7 Å². The number of ether oxygens (including phenoxy) is 1. The van der Waals surface area contributed by atoms with Gasteiger partial charge in [-0.3, -0.25) is 4.98 Å². The number of methoxy groups -OCH3 is 1. The maximum absolute atomic E-state index is 12.2. The molecule has 6 nitrogen and oxygen atoms in total. The predicted octanol–water partition coefficient (Wildman–Crippen LogP) is 1.46. The number of rotatable bonds is 5. The first kappa shape index (κ1) is 15.3. The second-order valence-corrected chi connectivity index (χ2v) is 6.27. The van der Waals surface area contributed by atoms with Crippen LogP contribution < -0.4 is 15.2 Å². The van der Waals surface area contributed by atoms with Gasteiger partial charge in [0.2, 0.25) is 10.0 Å². The number of pyridine rings is 1. The molecule has 0 bridgehead atoms. The molecule has 2 rings (SSSR count). The molecule has 0 aliphatic rings. The number of nitrogens with zero attached hydrogens (tertiary/aromatic N) is 1. The first-order chi connectivity index (χ1) is 9.92. The molecule has 0 radical (unpaired) electrons. The average Bonchev–Trinajstić information content (AvgIpc) is 2.46. The summed E-state index contributed by atoms with van der Waals surface area (Å²) in [6.07, 6.45) is 1.63. The van der Waals surface area contributed by atoms with Crippen molar-refractivity contribution in [1.29, 1.82) is 0 Å². The summed E-state index contributed by atoms with van der Waals surface area (Å²) in [5, 5.41) is 0. The van der Waals surface area contributed by atoms with Gasteiger partial charge in [0, 0.05) is 24.5 Å². The second-order valence-electron chi connectivity index (χ2n) is 4.54. The Bertz CT molecular complexity index is 728. The van der Waals surface area contributed by atoms with E-state index in [0.717, 1.165) is 11.3 Å². The Morgan fingerprint density at radius 1 is 1.29 bits per heavy atom. The molecule has 0 fully saturated rings. The Hall–Kier alpha value is -2.12. The molecular formula is C14H17N3O3S. The van der Waals surface area contributed by atoms with E-state index in [1.54, 1.807) is 12.3 Å². The van der Waals surface area contributed by atoms with Crippen LogP contribution in [-0.2, 0) is 16.6 Å². The molecule has 112 valence electrons. The van der Waals surface area contributed by atoms with Gasteiger partial charge in [-0.15, -0.1) is 0 Å². The van der Waals surface area contributed by atoms with Gasteiger partial charge in [-0.25, -0.2) is 13.1 Å². The summed E-state index contributed by atoms with van der Waals surface area (Å²) in [7, 11) is -2.19. The van der Waals surface area contributed by atoms with E-state index < -0.39 is 10.0 Å². The maximum atomic E-state index is 12.2. The van der Waals surface area contributed by atoms with E-state index in [0.29, 0.717) is 5.75 Å². The number of aromatic nitrogens is 1. The zero-order valence-electron chi connectivity index (χ0n) is 11.8. The predicted molar refractivity (Wildman–Crippen MR) is 80.4 cm³/mol. The van der Waals surface area contributed by atoms with E-state index in [1.165, 1.54) is 19.2 Å². The highest BCUT2D eigenvalue weighted by atomic mass is 32.2. The van der Waals surface area contributed by atoms with E-state index in [1.807, 2.05) is 19.1 Å². The van der Waals surface area contributed by atoms with Gasteiger partial charge in [0.05, 0.1) is 12.8 Å². The van der Waals surface area contributed by atoms with Crippen LogP contribution in [0.25, 0.3) is 0 Å². The van der Waals surface area contributed by atoms with Crippen LogP contribution in [0.3, 0.4) is 0 Å². The van der Waals surface area contributed by atoms with Crippen LogP contribution in [0.1, 0.15) is 11.3 Å². The van der Waals surface area contributed by atoms with Crippen LogP contribution in [-0.4, -0.2) is 20.5 Å². The lowest BCUT2D eigenvalue weighted by Gasteiger charge is -2.10. The molecule has 21 heavy (non-hydrogen) atoms. The Balaban J connectivity index is 2.16. The van der Waals surface area contributed by atoms with Gasteiger partial charge in [-0.2, -0.15) is 0 Å². The van der Waals surface area contributed by atoms with E-state index in [9.17, 15) is 8.42 Å². The molecule has 7 heteroatoms. The molecule has 1 aromatic heterocycles. The quantitative estimate of drug-likeness (QED) is 0.816. The number of benzene rings is 1. The number of hydrogen-bond acceptors (Lipinski definition) is 5. The summed E-state index contributed by atoms with van der Waals surface area (Å²) in [5.74, 6) is 0.509. The maximum Gasteiger partial charge on any atom is 0.242 e. The largest absolute Gasteiger partial charge is 0.497 e. The van der Waals surface area contributed by atoms with Gasteiger partial charge in [-0.1, -0.05) is 6.07 Å². The molecule has 1 heterocycles. The summed E-state index contributed by atoms with van der Waals surface area (Å²) < 4.78 is 32.0. The minimum atomic E-state index is -3.68. The van der Waals surface area contributed by atoms with Crippen LogP contribution >= 0.6 is 0 Å². The minimum absolute atomic E-state index is 0.0309. The van der Waals surface area contributed by atoms with E-state index >= 15 is 0 Å². The summed E-state index contributed by atoms with van der Waals surface area (Å²) in [6.45, 7) is 2.02. The van der Waals surface area contributed by atoms with Crippen LogP contribution in [0.2, 0.25) is 0 Å². The molecule has 0 aliphatic carbocycles. The number of nitrogen functional groups attached to an aromatic ring is 1. The summed E-state index contributed by atoms with van der Waals surface area (Å²) in [6, 6.07) is 8.10. The summed E-state index contributed by atoms with van der Waals surface area (Å²) >= 11 is 0. The molecule has 0 unspecified atom stereocenters. The molecule has 3 N–H and O–H groups in total. The van der Waals surface area contributed by atoms with Crippen LogP contribution in [0.5, 0.6) is 5.75 Å². The number of anilines is 1. The molecule has 0 aliphatic heterocycles. The Kier molecular flexibility index (Phi) is 4.44. The highest BCUT2D eigenvalue weighted by molar-refractivity contribution is 7.89. The van der Waals surface area contributed by atoms with Crippen molar-refractivity contribution in [3.63, 3.8) is 0 Å². The summed E-state index contributed by atoms with van der Waals surface area (Å²) in [5.41, 5.74) is 7.55. The fourth-order valence-electron chi connectivity index (χ4n) is 1.76. The first-order valence-corrected chi connectivity index (χ1v) is 7.75. The van der Waals surface area contributed by atoms with Gasteiger partial charge in [0.1, 0.15) is 10.6 Å². The van der Waals surface area contributed by atoms with E-state index in [4.69, 9.17) is 10.5 Å². The normalized spacial score (nSPS) is 11.3. The van der Waals surface area contributed by atoms with Crippen LogP contribution in [0, 0.1) is 6.92 Å². The SMILES string of the molecule is COc1ccc(S(=O)(=O)NCc2ccc(C)nc2)c(N)c1. The van der Waals surface area contributed by atoms with Gasteiger partial charge < -0.3 is 10.5 Å². The molecule has 1 aromatic carbocycles. The average molecular weight is 307 g/mol. The third kappa shape index (κ3) is 3.71. The molecule has 2 aromatic rings. The minimum Gasteiger partial charge on any atom is -0.497 e. The molecular weight excluding hydrogens is 290 g/mol. The zero-order chi connectivity index (χ0) is 15.5. The fourth-order valence-corrected chi connectivity index (χ4v) is 2.89. The van der Waals surface area contributed by atoms with Crippen molar-refractivity contribution in [3.05, 3.63) is 47.8 Å². The first-order valence-electron chi connectivity index (χ1n) is 6.27. The standard InChI is InChI=1S/C14H17N3O3S/c1-10-3-4-11(8-16-10)9-17-21(18,19)14-6-5-12(20-2)7-13(14)15/h3-8,17H,9,15H2,1-2H3. The van der Waals surface area contributed by atoms with Crippen molar-refractivity contribution in [1.82, 2.24) is 9.71 Å². The lowest BCUT2D eigenvalue weighted by atomic mass is 10.2. The third-order valence-electron chi connectivity index (χ3n) is 2.95. The lowest BCUT2D eigenvalue weighted by molar-refractivity contribution is 0.414. The summed E-state index contributed by atoms with van der Waals surface area (Å²) in [4.78, 5) is 4.15. The topological polar surface area (TPSA) is 94.3 Å². The number of sulfonamides is 1. The number of nitrogens with one attached hydrogen (secondary N) is 1. The van der Waals surface area contributed by atoms with Gasteiger partial charge >= 0.3 is 0 Å². The second kappa shape index (κ2) is 6.11. The third-order valence-corrected chi connectivity index (χ3v) is 4.42. The molecule has 0 spiro atoms. The Labute approximate surface area is 124 Å². The zero-order valence-corrected chi connectivity index (χ0v) is 12.6. The fraction of sp³-hybridized carbons (Fsp3) is 0.214. The van der Waals surface area contributed by atoms with E-state index in [-0.39, 0.29) is 17.1 Å². The Morgan fingerprint density at radius 2 is 2.05 bits per heavy atom. The highest BCUT2D eigenvalue weighted by Crippen LogP contribution is 2.23. The van der Waals surface area contributed by atoms with Gasteiger partial charge in [0.25, 0.3) is 0 Å². The van der Waals surface area contributed by atoms with E-state index in [2.05, 4.69) is 9.71 Å². The molecule has 0 atom stereocenters. The Morgan fingerprint density at radius 3 is 2.62 bits per heavy atom. The van der Waals surface area contributed by atoms with Crippen molar-refractivity contribution >= 4 is 15.7 Å². The van der Waals surface area contributed by atoms with Crippen LogP contribution in [0.15, 0.2) is 41.4 Å². The van der Waals surface area contributed by atoms with Crippen molar-refractivity contribution in [3.8, 4) is 5.75 Å². The van der Waals surface area contributed by atoms with Crippen molar-refractivity contribution in [2.75, 3.05) is 12.8 Å².